The average Bonchev–Trinajstić information content (AvgIpc) is 2.32. The van der Waals surface area contributed by atoms with E-state index < -0.39 is 0 Å². The summed E-state index contributed by atoms with van der Waals surface area (Å²) in [6.45, 7) is 20.2. The standard InChI is InChI=1S/C8H18N2.3C2H6/c1-8(2)7-9(3)5-6-10(8)4;3*1-2/h5-7H2,1-4H3;3*1-2H3. The second kappa shape index (κ2) is 13.0. The zero-order chi connectivity index (χ0) is 13.8. The van der Waals surface area contributed by atoms with E-state index in [0.717, 1.165) is 0 Å². The van der Waals surface area contributed by atoms with Gasteiger partial charge in [0, 0.05) is 25.2 Å². The van der Waals surface area contributed by atoms with Crippen molar-refractivity contribution in [2.24, 2.45) is 0 Å². The summed E-state index contributed by atoms with van der Waals surface area (Å²) in [7, 11) is 4.39. The summed E-state index contributed by atoms with van der Waals surface area (Å²) in [6.07, 6.45) is 0. The number of hydrogen-bond acceptors (Lipinski definition) is 2. The molecule has 2 nitrogen and oxygen atoms in total. The van der Waals surface area contributed by atoms with Crippen molar-refractivity contribution in [2.75, 3.05) is 33.7 Å². The van der Waals surface area contributed by atoms with Crippen molar-refractivity contribution in [3.63, 3.8) is 0 Å². The van der Waals surface area contributed by atoms with Gasteiger partial charge in [0.25, 0.3) is 0 Å². The third-order valence-electron chi connectivity index (χ3n) is 2.51. The minimum absolute atomic E-state index is 0.368. The Morgan fingerprint density at radius 3 is 1.38 bits per heavy atom. The quantitative estimate of drug-likeness (QED) is 0.628. The zero-order valence-corrected chi connectivity index (χ0v) is 13.5. The molecule has 0 saturated carbocycles. The van der Waals surface area contributed by atoms with Crippen molar-refractivity contribution >= 4 is 0 Å². The first-order valence-electron chi connectivity index (χ1n) is 6.92. The number of hydrogen-bond donors (Lipinski definition) is 0. The molecule has 0 aliphatic carbocycles. The van der Waals surface area contributed by atoms with Crippen LogP contribution in [0.3, 0.4) is 0 Å². The van der Waals surface area contributed by atoms with Crippen molar-refractivity contribution in [3.05, 3.63) is 0 Å². The monoisotopic (exact) mass is 232 g/mol. The van der Waals surface area contributed by atoms with E-state index in [1.807, 2.05) is 41.5 Å². The predicted molar refractivity (Wildman–Crippen MR) is 78.3 cm³/mol. The highest BCUT2D eigenvalue weighted by Gasteiger charge is 2.28. The lowest BCUT2D eigenvalue weighted by Crippen LogP contribution is -2.56. The minimum atomic E-state index is 0.368. The number of likely N-dealkylation sites (N-methyl/N-ethyl adjacent to an activating group) is 2. The molecule has 1 aliphatic rings. The van der Waals surface area contributed by atoms with E-state index in [1.165, 1.54) is 19.6 Å². The summed E-state index contributed by atoms with van der Waals surface area (Å²) in [6, 6.07) is 0. The van der Waals surface area contributed by atoms with Gasteiger partial charge >= 0.3 is 0 Å². The molecule has 16 heavy (non-hydrogen) atoms. The van der Waals surface area contributed by atoms with Gasteiger partial charge in [0.1, 0.15) is 0 Å². The van der Waals surface area contributed by atoms with E-state index in [4.69, 9.17) is 0 Å². The SMILES string of the molecule is CC.CC.CC.CN1CCN(C)C(C)(C)C1. The molecule has 0 unspecified atom stereocenters. The number of piperazine rings is 1. The maximum absolute atomic E-state index is 2.42. The Kier molecular flexibility index (Phi) is 17.2. The maximum Gasteiger partial charge on any atom is 0.0277 e. The molecule has 0 bridgehead atoms. The van der Waals surface area contributed by atoms with Crippen LogP contribution in [0.2, 0.25) is 0 Å². The van der Waals surface area contributed by atoms with E-state index in [2.05, 4.69) is 37.7 Å². The van der Waals surface area contributed by atoms with Crippen LogP contribution in [0.4, 0.5) is 0 Å². The first kappa shape index (κ1) is 21.2. The molecule has 0 spiro atoms. The predicted octanol–water partition coefficient (Wildman–Crippen LogP) is 3.72. The van der Waals surface area contributed by atoms with Gasteiger partial charge in [-0.2, -0.15) is 0 Å². The zero-order valence-electron chi connectivity index (χ0n) is 13.5. The molecule has 1 aliphatic heterocycles. The van der Waals surface area contributed by atoms with E-state index in [9.17, 15) is 0 Å². The fraction of sp³-hybridized carbons (Fsp3) is 1.00. The van der Waals surface area contributed by atoms with Crippen molar-refractivity contribution < 1.29 is 0 Å². The molecule has 0 aromatic rings. The maximum atomic E-state index is 2.42. The molecular formula is C14H36N2. The summed E-state index contributed by atoms with van der Waals surface area (Å²) in [4.78, 5) is 4.81. The highest BCUT2D eigenvalue weighted by atomic mass is 15.3. The van der Waals surface area contributed by atoms with Crippen molar-refractivity contribution in [1.29, 1.82) is 0 Å². The molecule has 1 rings (SSSR count). The normalized spacial score (nSPS) is 19.1. The molecule has 102 valence electrons. The first-order chi connectivity index (χ1) is 7.52. The summed E-state index contributed by atoms with van der Waals surface area (Å²) in [5, 5.41) is 0. The van der Waals surface area contributed by atoms with Gasteiger partial charge in [-0.15, -0.1) is 0 Å². The Labute approximate surface area is 105 Å². The molecular weight excluding hydrogens is 196 g/mol. The van der Waals surface area contributed by atoms with Crippen LogP contribution in [0.25, 0.3) is 0 Å². The van der Waals surface area contributed by atoms with Gasteiger partial charge in [-0.1, -0.05) is 41.5 Å². The summed E-state index contributed by atoms with van der Waals surface area (Å²) < 4.78 is 0. The Morgan fingerprint density at radius 2 is 1.12 bits per heavy atom. The average molecular weight is 232 g/mol. The van der Waals surface area contributed by atoms with Crippen LogP contribution in [-0.4, -0.2) is 49.1 Å². The lowest BCUT2D eigenvalue weighted by Gasteiger charge is -2.44. The summed E-state index contributed by atoms with van der Waals surface area (Å²) in [5.74, 6) is 0. The van der Waals surface area contributed by atoms with Crippen LogP contribution in [0.5, 0.6) is 0 Å². The van der Waals surface area contributed by atoms with Gasteiger partial charge in [0.2, 0.25) is 0 Å². The second-order valence-electron chi connectivity index (χ2n) is 3.97. The van der Waals surface area contributed by atoms with Crippen LogP contribution in [0, 0.1) is 0 Å². The lowest BCUT2D eigenvalue weighted by atomic mass is 10.0. The van der Waals surface area contributed by atoms with Crippen LogP contribution < -0.4 is 0 Å². The molecule has 2 heteroatoms. The molecule has 1 fully saturated rings. The smallest absolute Gasteiger partial charge is 0.0277 e. The first-order valence-corrected chi connectivity index (χ1v) is 6.92. The molecule has 1 saturated heterocycles. The van der Waals surface area contributed by atoms with Crippen molar-refractivity contribution in [2.45, 2.75) is 60.9 Å². The Balaban J connectivity index is -0.000000245. The molecule has 0 atom stereocenters. The Bertz CT molecular complexity index is 122. The fourth-order valence-corrected chi connectivity index (χ4v) is 1.48. The van der Waals surface area contributed by atoms with Crippen molar-refractivity contribution in [3.8, 4) is 0 Å². The van der Waals surface area contributed by atoms with Gasteiger partial charge in [0.15, 0.2) is 0 Å². The summed E-state index contributed by atoms with van der Waals surface area (Å²) >= 11 is 0. The topological polar surface area (TPSA) is 6.48 Å². The van der Waals surface area contributed by atoms with E-state index >= 15 is 0 Å². The molecule has 0 amide bonds. The van der Waals surface area contributed by atoms with Gasteiger partial charge in [-0.05, 0) is 27.9 Å². The van der Waals surface area contributed by atoms with E-state index in [1.54, 1.807) is 0 Å². The fourth-order valence-electron chi connectivity index (χ4n) is 1.48. The van der Waals surface area contributed by atoms with Crippen LogP contribution in [0.1, 0.15) is 55.4 Å². The molecule has 0 aromatic carbocycles. The Morgan fingerprint density at radius 1 is 0.750 bits per heavy atom. The Hall–Kier alpha value is -0.0800. The lowest BCUT2D eigenvalue weighted by molar-refractivity contribution is 0.0541. The minimum Gasteiger partial charge on any atom is -0.303 e. The van der Waals surface area contributed by atoms with Gasteiger partial charge in [-0.25, -0.2) is 0 Å². The third-order valence-corrected chi connectivity index (χ3v) is 2.51. The second-order valence-corrected chi connectivity index (χ2v) is 3.97. The van der Waals surface area contributed by atoms with Gasteiger partial charge in [0.05, 0.1) is 0 Å². The van der Waals surface area contributed by atoms with E-state index in [-0.39, 0.29) is 0 Å². The molecule has 0 aromatic heterocycles. The largest absolute Gasteiger partial charge is 0.303 e. The highest BCUT2D eigenvalue weighted by Crippen LogP contribution is 2.16. The number of rotatable bonds is 0. The van der Waals surface area contributed by atoms with Crippen molar-refractivity contribution in [1.82, 2.24) is 9.80 Å². The highest BCUT2D eigenvalue weighted by molar-refractivity contribution is 4.86. The van der Waals surface area contributed by atoms with Crippen LogP contribution in [0.15, 0.2) is 0 Å². The van der Waals surface area contributed by atoms with Gasteiger partial charge < -0.3 is 4.90 Å². The van der Waals surface area contributed by atoms with Crippen LogP contribution in [-0.2, 0) is 0 Å². The van der Waals surface area contributed by atoms with Crippen LogP contribution >= 0.6 is 0 Å². The summed E-state index contributed by atoms with van der Waals surface area (Å²) in [5.41, 5.74) is 0.368. The molecule has 0 radical (unpaired) electrons. The number of nitrogens with zero attached hydrogens (tertiary/aromatic N) is 2. The molecule has 1 heterocycles. The third kappa shape index (κ3) is 9.17. The van der Waals surface area contributed by atoms with E-state index in [0.29, 0.717) is 5.54 Å². The van der Waals surface area contributed by atoms with Gasteiger partial charge in [-0.3, -0.25) is 4.90 Å². The molecule has 0 N–H and O–H groups in total.